The third-order valence-corrected chi connectivity index (χ3v) is 7.87. The molecule has 1 amide bonds. The summed E-state index contributed by atoms with van der Waals surface area (Å²) in [7, 11) is 0. The predicted octanol–water partition coefficient (Wildman–Crippen LogP) is 6.43. The molecule has 0 spiro atoms. The van der Waals surface area contributed by atoms with Gasteiger partial charge in [0.25, 0.3) is 5.91 Å². The molecule has 0 saturated heterocycles. The quantitative estimate of drug-likeness (QED) is 0.346. The molecule has 1 unspecified atom stereocenters. The van der Waals surface area contributed by atoms with Crippen molar-refractivity contribution in [2.24, 2.45) is 11.8 Å². The molecule has 2 aromatic rings. The van der Waals surface area contributed by atoms with Gasteiger partial charge in [-0.1, -0.05) is 40.0 Å². The van der Waals surface area contributed by atoms with Gasteiger partial charge in [0.15, 0.2) is 5.78 Å². The molecule has 1 aliphatic rings. The van der Waals surface area contributed by atoms with E-state index >= 15 is 0 Å². The van der Waals surface area contributed by atoms with Crippen molar-refractivity contribution in [1.82, 2.24) is 5.32 Å². The second-order valence-electron chi connectivity index (χ2n) is 9.41. The lowest BCUT2D eigenvalue weighted by Crippen LogP contribution is -2.26. The summed E-state index contributed by atoms with van der Waals surface area (Å²) in [6, 6.07) is 9.40. The van der Waals surface area contributed by atoms with E-state index in [2.05, 4.69) is 28.6 Å². The highest BCUT2D eigenvalue weighted by molar-refractivity contribution is 7.14. The zero-order valence-corrected chi connectivity index (χ0v) is 21.5. The zero-order valence-electron chi connectivity index (χ0n) is 20.7. The minimum atomic E-state index is -1.02. The average molecular weight is 503 g/mol. The summed E-state index contributed by atoms with van der Waals surface area (Å²) in [5.74, 6) is -0.724. The summed E-state index contributed by atoms with van der Waals surface area (Å²) in [5.41, 5.74) is 2.58. The lowest BCUT2D eigenvalue weighted by molar-refractivity contribution is -0.183. The topological polar surface area (TPSA) is 84.5 Å². The highest BCUT2D eigenvalue weighted by Crippen LogP contribution is 2.41. The number of hydrogen-bond acceptors (Lipinski definition) is 6. The van der Waals surface area contributed by atoms with Gasteiger partial charge in [0, 0.05) is 33.1 Å². The standard InChI is InChI=1S/C27H35FN2O4S/c1-4-22-21(16-23(35-22)26(32)17(2)3)25(18-8-6-5-7-9-18)30-20-12-10-19(11-13-20)27(33)29-15-14-24(31)34-28/h10-13,16-18,25,30H,4-9,14-15H2,1-3H3,(H,29,33). The summed E-state index contributed by atoms with van der Waals surface area (Å²) in [6.45, 7) is 6.02. The summed E-state index contributed by atoms with van der Waals surface area (Å²) < 4.78 is 11.8. The van der Waals surface area contributed by atoms with Gasteiger partial charge >= 0.3 is 5.97 Å². The number of amides is 1. The monoisotopic (exact) mass is 502 g/mol. The Morgan fingerprint density at radius 3 is 2.40 bits per heavy atom. The van der Waals surface area contributed by atoms with Gasteiger partial charge in [0.05, 0.1) is 17.3 Å². The largest absolute Gasteiger partial charge is 0.378 e. The van der Waals surface area contributed by atoms with Crippen LogP contribution in [0.15, 0.2) is 30.3 Å². The van der Waals surface area contributed by atoms with Crippen LogP contribution in [0.1, 0.15) is 95.8 Å². The number of nitrogens with one attached hydrogen (secondary N) is 2. The molecule has 2 N–H and O–H groups in total. The van der Waals surface area contributed by atoms with Crippen LogP contribution in [0, 0.1) is 11.8 Å². The van der Waals surface area contributed by atoms with Gasteiger partial charge in [-0.2, -0.15) is 0 Å². The maximum Gasteiger partial charge on any atom is 0.350 e. The first-order chi connectivity index (χ1) is 16.8. The van der Waals surface area contributed by atoms with Gasteiger partial charge < -0.3 is 10.6 Å². The molecule has 1 atom stereocenters. The minimum absolute atomic E-state index is 0.000718. The van der Waals surface area contributed by atoms with Crippen molar-refractivity contribution in [2.75, 3.05) is 11.9 Å². The zero-order chi connectivity index (χ0) is 25.4. The Labute approximate surface area is 210 Å². The van der Waals surface area contributed by atoms with Crippen LogP contribution in [0.5, 0.6) is 0 Å². The number of carbonyl (C=O) groups is 3. The molecular weight excluding hydrogens is 467 g/mol. The smallest absolute Gasteiger partial charge is 0.350 e. The Morgan fingerprint density at radius 2 is 1.80 bits per heavy atom. The van der Waals surface area contributed by atoms with Crippen LogP contribution < -0.4 is 10.6 Å². The van der Waals surface area contributed by atoms with Crippen molar-refractivity contribution in [3.63, 3.8) is 0 Å². The Balaban J connectivity index is 1.79. The molecule has 1 saturated carbocycles. The van der Waals surface area contributed by atoms with E-state index < -0.39 is 5.97 Å². The number of hydrogen-bond donors (Lipinski definition) is 2. The molecule has 1 fully saturated rings. The minimum Gasteiger partial charge on any atom is -0.378 e. The summed E-state index contributed by atoms with van der Waals surface area (Å²) in [5, 5.41) is 6.30. The molecule has 0 radical (unpaired) electrons. The van der Waals surface area contributed by atoms with E-state index in [4.69, 9.17) is 0 Å². The number of benzene rings is 1. The van der Waals surface area contributed by atoms with Gasteiger partial charge in [0.2, 0.25) is 0 Å². The third-order valence-electron chi connectivity index (χ3n) is 6.56. The SMILES string of the molecule is CCc1sc(C(=O)C(C)C)cc1C(Nc1ccc(C(=O)NCCC(=O)OF)cc1)C1CCCCC1. The van der Waals surface area contributed by atoms with Crippen molar-refractivity contribution in [2.45, 2.75) is 71.8 Å². The molecule has 1 aliphatic carbocycles. The second kappa shape index (κ2) is 12.8. The molecule has 0 bridgehead atoms. The maximum absolute atomic E-state index is 12.7. The van der Waals surface area contributed by atoms with Crippen LogP contribution in [-0.4, -0.2) is 24.2 Å². The molecular formula is C27H35FN2O4S. The van der Waals surface area contributed by atoms with E-state index in [0.717, 1.165) is 29.8 Å². The van der Waals surface area contributed by atoms with E-state index in [1.165, 1.54) is 29.7 Å². The van der Waals surface area contributed by atoms with E-state index in [1.807, 2.05) is 26.0 Å². The molecule has 35 heavy (non-hydrogen) atoms. The molecule has 8 heteroatoms. The normalized spacial score (nSPS) is 15.0. The number of thiophene rings is 1. The average Bonchev–Trinajstić information content (AvgIpc) is 3.31. The summed E-state index contributed by atoms with van der Waals surface area (Å²) >= 11 is 1.62. The van der Waals surface area contributed by atoms with Crippen molar-refractivity contribution < 1.29 is 23.9 Å². The van der Waals surface area contributed by atoms with Crippen molar-refractivity contribution in [3.8, 4) is 0 Å². The fourth-order valence-corrected chi connectivity index (χ4v) is 5.86. The molecule has 1 heterocycles. The van der Waals surface area contributed by atoms with Crippen LogP contribution in [0.2, 0.25) is 0 Å². The highest BCUT2D eigenvalue weighted by atomic mass is 32.1. The Kier molecular flexibility index (Phi) is 9.83. The van der Waals surface area contributed by atoms with Crippen LogP contribution in [0.4, 0.5) is 10.2 Å². The Morgan fingerprint density at radius 1 is 1.11 bits per heavy atom. The van der Waals surface area contributed by atoms with Crippen molar-refractivity contribution in [1.29, 1.82) is 0 Å². The molecule has 1 aromatic carbocycles. The number of carbonyl (C=O) groups excluding carboxylic acids is 3. The summed E-state index contributed by atoms with van der Waals surface area (Å²) in [4.78, 5) is 41.1. The first-order valence-electron chi connectivity index (χ1n) is 12.5. The molecule has 6 nitrogen and oxygen atoms in total. The van der Waals surface area contributed by atoms with E-state index in [1.54, 1.807) is 23.5 Å². The Hall–Kier alpha value is -2.74. The van der Waals surface area contributed by atoms with Crippen LogP contribution >= 0.6 is 11.3 Å². The summed E-state index contributed by atoms with van der Waals surface area (Å²) in [6.07, 6.45) is 6.62. The van der Waals surface area contributed by atoms with Crippen LogP contribution in [0.3, 0.4) is 0 Å². The number of halogens is 1. The highest BCUT2D eigenvalue weighted by Gasteiger charge is 2.29. The predicted molar refractivity (Wildman–Crippen MR) is 136 cm³/mol. The van der Waals surface area contributed by atoms with Gasteiger partial charge in [-0.25, -0.2) is 4.79 Å². The van der Waals surface area contributed by atoms with Crippen molar-refractivity contribution >= 4 is 34.7 Å². The third kappa shape index (κ3) is 7.13. The van der Waals surface area contributed by atoms with Crippen molar-refractivity contribution in [3.05, 3.63) is 51.2 Å². The van der Waals surface area contributed by atoms with Crippen LogP contribution in [0.25, 0.3) is 0 Å². The fraction of sp³-hybridized carbons (Fsp3) is 0.519. The Bertz CT molecular complexity index is 1010. The number of Topliss-reactive ketones (excluding diaryl/α,β-unsaturated/α-hetero) is 1. The van der Waals surface area contributed by atoms with Gasteiger partial charge in [0.1, 0.15) is 0 Å². The maximum atomic E-state index is 12.7. The number of aryl methyl sites for hydroxylation is 1. The van der Waals surface area contributed by atoms with E-state index in [-0.39, 0.29) is 36.6 Å². The lowest BCUT2D eigenvalue weighted by atomic mass is 9.80. The van der Waals surface area contributed by atoms with E-state index in [0.29, 0.717) is 11.5 Å². The fourth-order valence-electron chi connectivity index (χ4n) is 4.62. The molecule has 190 valence electrons. The van der Waals surface area contributed by atoms with Gasteiger partial charge in [-0.3, -0.25) is 14.5 Å². The second-order valence-corrected chi connectivity index (χ2v) is 10.6. The van der Waals surface area contributed by atoms with Crippen LogP contribution in [-0.2, 0) is 16.2 Å². The van der Waals surface area contributed by atoms with Gasteiger partial charge in [-0.15, -0.1) is 11.3 Å². The first-order valence-corrected chi connectivity index (χ1v) is 13.3. The molecule has 1 aromatic heterocycles. The lowest BCUT2D eigenvalue weighted by Gasteiger charge is -2.32. The number of ketones is 1. The molecule has 0 aliphatic heterocycles. The number of anilines is 1. The van der Waals surface area contributed by atoms with E-state index in [9.17, 15) is 18.9 Å². The number of rotatable bonds is 11. The van der Waals surface area contributed by atoms with Gasteiger partial charge in [-0.05, 0) is 61.1 Å². The molecule has 3 rings (SSSR count). The first kappa shape index (κ1) is 26.9.